The van der Waals surface area contributed by atoms with Crippen LogP contribution in [-0.4, -0.2) is 27.2 Å². The van der Waals surface area contributed by atoms with Gasteiger partial charge in [0.25, 0.3) is 0 Å². The first-order valence-electron chi connectivity index (χ1n) is 9.21. The Morgan fingerprint density at radius 3 is 1.35 bits per heavy atom. The summed E-state index contributed by atoms with van der Waals surface area (Å²) in [6, 6.07) is 9.49. The fourth-order valence-corrected chi connectivity index (χ4v) is 22.9. The molecule has 0 unspecified atom stereocenters. The zero-order valence-corrected chi connectivity index (χ0v) is 16.6. The van der Waals surface area contributed by atoms with Crippen molar-refractivity contribution in [2.75, 3.05) is 6.54 Å². The van der Waals surface area contributed by atoms with Gasteiger partial charge in [0, 0.05) is 0 Å². The molecule has 20 heavy (non-hydrogen) atoms. The molecule has 0 aromatic heterocycles. The molecule has 0 aromatic carbocycles. The van der Waals surface area contributed by atoms with Crippen LogP contribution in [0.4, 0.5) is 0 Å². The van der Waals surface area contributed by atoms with E-state index in [9.17, 15) is 0 Å². The van der Waals surface area contributed by atoms with Gasteiger partial charge in [-0.05, 0) is 49.2 Å². The van der Waals surface area contributed by atoms with Crippen LogP contribution in [0.3, 0.4) is 0 Å². The fraction of sp³-hybridized carbons (Fsp3) is 0.941. The summed E-state index contributed by atoms with van der Waals surface area (Å²) in [4.78, 5) is 0. The Balaban J connectivity index is 3.07. The molecule has 3 heteroatoms. The average molecular weight is 313 g/mol. The van der Waals surface area contributed by atoms with E-state index < -0.39 is 16.5 Å². The van der Waals surface area contributed by atoms with E-state index in [2.05, 4.69) is 38.8 Å². The third-order valence-electron chi connectivity index (χ3n) is 5.44. The highest BCUT2D eigenvalue weighted by Gasteiger charge is 2.54. The minimum absolute atomic E-state index is 1.13. The summed E-state index contributed by atoms with van der Waals surface area (Å²) in [7, 11) is -2.28. The molecule has 1 heterocycles. The molecule has 1 nitrogen and oxygen atoms in total. The Labute approximate surface area is 130 Å². The van der Waals surface area contributed by atoms with Gasteiger partial charge in [-0.15, -0.1) is 0 Å². The minimum Gasteiger partial charge on any atom is -0.345 e. The third kappa shape index (κ3) is 3.78. The maximum absolute atomic E-state index is 4.22. The topological polar surface area (TPSA) is 3.24 Å². The molecule has 0 aromatic rings. The lowest BCUT2D eigenvalue weighted by Crippen LogP contribution is -2.60. The predicted octanol–water partition coefficient (Wildman–Crippen LogP) is 6.06. The van der Waals surface area contributed by atoms with Crippen molar-refractivity contribution < 1.29 is 0 Å². The summed E-state index contributed by atoms with van der Waals surface area (Å²) in [6.07, 6.45) is 6.75. The molecule has 0 aliphatic carbocycles. The Bertz CT molecular complexity index is 232. The zero-order chi connectivity index (χ0) is 15.1. The molecule has 0 saturated carbocycles. The van der Waals surface area contributed by atoms with Crippen LogP contribution in [0.2, 0.25) is 36.3 Å². The Morgan fingerprint density at radius 1 is 0.750 bits per heavy atom. The molecule has 1 aliphatic rings. The molecule has 0 atom stereocenters. The maximum Gasteiger partial charge on any atom is 0.121 e. The highest BCUT2D eigenvalue weighted by Crippen LogP contribution is 2.47. The van der Waals surface area contributed by atoms with E-state index in [1.54, 1.807) is 36.3 Å². The molecule has 119 valence electrons. The molecule has 1 saturated heterocycles. The first-order valence-corrected chi connectivity index (χ1v) is 14.4. The lowest BCUT2D eigenvalue weighted by Gasteiger charge is -2.46. The number of hydrogen-bond donors (Lipinski definition) is 0. The lowest BCUT2D eigenvalue weighted by molar-refractivity contribution is 0.591. The summed E-state index contributed by atoms with van der Waals surface area (Å²) in [5.74, 6) is 0. The van der Waals surface area contributed by atoms with Crippen molar-refractivity contribution in [1.29, 1.82) is 0 Å². The summed E-state index contributed by atoms with van der Waals surface area (Å²) in [6.45, 7) is 15.2. The van der Waals surface area contributed by atoms with E-state index in [1.807, 2.05) is 0 Å². The standard InChI is InChI=1S/C17H38NSi2/c1-6-11-18-19(12-7-2,13-8-3)16-17-20(18,14-9-4)15-10-5/h1,6-17H2,2-5H3. The normalized spacial score (nSPS) is 21.4. The van der Waals surface area contributed by atoms with Gasteiger partial charge in [-0.25, -0.2) is 0 Å². The van der Waals surface area contributed by atoms with Crippen molar-refractivity contribution in [3.05, 3.63) is 6.92 Å². The Hall–Kier alpha value is 0.394. The van der Waals surface area contributed by atoms with Gasteiger partial charge >= 0.3 is 0 Å². The van der Waals surface area contributed by atoms with Crippen LogP contribution in [0, 0.1) is 6.92 Å². The van der Waals surface area contributed by atoms with Crippen LogP contribution in [0.25, 0.3) is 0 Å². The number of nitrogens with zero attached hydrogens (tertiary/aromatic N) is 1. The van der Waals surface area contributed by atoms with Gasteiger partial charge < -0.3 is 4.23 Å². The Morgan fingerprint density at radius 2 is 1.10 bits per heavy atom. The van der Waals surface area contributed by atoms with E-state index in [-0.39, 0.29) is 0 Å². The summed E-state index contributed by atoms with van der Waals surface area (Å²) >= 11 is 0. The summed E-state index contributed by atoms with van der Waals surface area (Å²) in [5.41, 5.74) is 0. The average Bonchev–Trinajstić information content (AvgIpc) is 2.69. The lowest BCUT2D eigenvalue weighted by atomic mass is 10.5. The van der Waals surface area contributed by atoms with Crippen molar-refractivity contribution in [3.63, 3.8) is 0 Å². The maximum atomic E-state index is 4.22. The van der Waals surface area contributed by atoms with Crippen molar-refractivity contribution in [2.24, 2.45) is 0 Å². The van der Waals surface area contributed by atoms with E-state index in [0.29, 0.717) is 0 Å². The monoisotopic (exact) mass is 312 g/mol. The van der Waals surface area contributed by atoms with Gasteiger partial charge in [0.2, 0.25) is 0 Å². The third-order valence-corrected chi connectivity index (χ3v) is 19.6. The van der Waals surface area contributed by atoms with Gasteiger partial charge in [-0.3, -0.25) is 0 Å². The second kappa shape index (κ2) is 8.74. The van der Waals surface area contributed by atoms with E-state index in [0.717, 1.165) is 6.42 Å². The molecule has 0 bridgehead atoms. The molecule has 1 aliphatic heterocycles. The molecule has 1 rings (SSSR count). The zero-order valence-electron chi connectivity index (χ0n) is 14.6. The Kier molecular flexibility index (Phi) is 8.06. The number of rotatable bonds is 10. The minimum atomic E-state index is -1.14. The van der Waals surface area contributed by atoms with Gasteiger partial charge in [0.1, 0.15) is 16.5 Å². The van der Waals surface area contributed by atoms with Gasteiger partial charge in [0.15, 0.2) is 0 Å². The van der Waals surface area contributed by atoms with Gasteiger partial charge in [0.05, 0.1) is 0 Å². The van der Waals surface area contributed by atoms with Crippen molar-refractivity contribution in [3.8, 4) is 0 Å². The molecule has 1 radical (unpaired) electrons. The first-order chi connectivity index (χ1) is 9.64. The largest absolute Gasteiger partial charge is 0.345 e. The van der Waals surface area contributed by atoms with Crippen molar-refractivity contribution in [1.82, 2.24) is 4.23 Å². The van der Waals surface area contributed by atoms with Crippen LogP contribution in [-0.2, 0) is 0 Å². The van der Waals surface area contributed by atoms with Crippen LogP contribution in [0.15, 0.2) is 0 Å². The van der Waals surface area contributed by atoms with E-state index in [1.165, 1.54) is 32.2 Å². The van der Waals surface area contributed by atoms with Crippen LogP contribution in [0.5, 0.6) is 0 Å². The highest BCUT2D eigenvalue weighted by atomic mass is 28.4. The van der Waals surface area contributed by atoms with Crippen molar-refractivity contribution in [2.45, 2.75) is 96.1 Å². The quantitative estimate of drug-likeness (QED) is 0.443. The van der Waals surface area contributed by atoms with Crippen molar-refractivity contribution >= 4 is 16.5 Å². The van der Waals surface area contributed by atoms with E-state index in [4.69, 9.17) is 0 Å². The molecular formula is C17H38NSi2. The van der Waals surface area contributed by atoms with Gasteiger partial charge in [-0.2, -0.15) is 0 Å². The SMILES string of the molecule is [CH2]CCN1[Si](CCC)(CCC)CC[Si]1(CCC)CCC. The van der Waals surface area contributed by atoms with E-state index >= 15 is 0 Å². The fourth-order valence-electron chi connectivity index (χ4n) is 5.02. The highest BCUT2D eigenvalue weighted by molar-refractivity contribution is 6.97. The molecule has 0 N–H and O–H groups in total. The van der Waals surface area contributed by atoms with Crippen LogP contribution in [0.1, 0.15) is 59.8 Å². The molecule has 1 fully saturated rings. The second-order valence-corrected chi connectivity index (χ2v) is 16.4. The summed E-state index contributed by atoms with van der Waals surface area (Å²) < 4.78 is 3.23. The predicted molar refractivity (Wildman–Crippen MR) is 98.2 cm³/mol. The second-order valence-electron chi connectivity index (χ2n) is 6.95. The van der Waals surface area contributed by atoms with Gasteiger partial charge in [-0.1, -0.05) is 60.3 Å². The number of hydrogen-bond acceptors (Lipinski definition) is 1. The first kappa shape index (κ1) is 18.4. The summed E-state index contributed by atoms with van der Waals surface area (Å²) in [5, 5.41) is 0. The molecule has 0 amide bonds. The van der Waals surface area contributed by atoms with Crippen LogP contribution < -0.4 is 0 Å². The smallest absolute Gasteiger partial charge is 0.121 e. The van der Waals surface area contributed by atoms with Crippen LogP contribution >= 0.6 is 0 Å². The molecule has 0 spiro atoms. The molecular weight excluding hydrogens is 274 g/mol.